The Bertz CT molecular complexity index is 305. The SMILES string of the molecule is CC1CN2CCCC2CN1C1CCCC(=O)C1. The van der Waals surface area contributed by atoms with Crippen molar-refractivity contribution in [2.24, 2.45) is 0 Å². The van der Waals surface area contributed by atoms with Crippen molar-refractivity contribution in [3.05, 3.63) is 0 Å². The van der Waals surface area contributed by atoms with Crippen LogP contribution in [-0.2, 0) is 4.79 Å². The van der Waals surface area contributed by atoms with E-state index < -0.39 is 0 Å². The molecule has 1 aliphatic carbocycles. The minimum atomic E-state index is 0.488. The molecule has 3 atom stereocenters. The summed E-state index contributed by atoms with van der Waals surface area (Å²) < 4.78 is 0. The second-order valence-electron chi connectivity index (χ2n) is 6.13. The Morgan fingerprint density at radius 2 is 1.94 bits per heavy atom. The highest BCUT2D eigenvalue weighted by Gasteiger charge is 2.38. The third-order valence-corrected chi connectivity index (χ3v) is 4.91. The summed E-state index contributed by atoms with van der Waals surface area (Å²) in [4.78, 5) is 16.9. The minimum absolute atomic E-state index is 0.488. The number of ketones is 1. The fourth-order valence-electron chi connectivity index (χ4n) is 4.00. The van der Waals surface area contributed by atoms with Gasteiger partial charge in [0, 0.05) is 44.1 Å². The molecule has 2 saturated heterocycles. The Hall–Kier alpha value is -0.410. The molecule has 2 aliphatic heterocycles. The van der Waals surface area contributed by atoms with E-state index in [1.54, 1.807) is 0 Å². The van der Waals surface area contributed by atoms with E-state index in [-0.39, 0.29) is 0 Å². The van der Waals surface area contributed by atoms with Crippen LogP contribution in [0.3, 0.4) is 0 Å². The summed E-state index contributed by atoms with van der Waals surface area (Å²) in [5, 5.41) is 0. The average Bonchev–Trinajstić information content (AvgIpc) is 2.75. The first kappa shape index (κ1) is 11.7. The van der Waals surface area contributed by atoms with Crippen LogP contribution in [0.4, 0.5) is 0 Å². The van der Waals surface area contributed by atoms with Crippen molar-refractivity contribution in [2.75, 3.05) is 19.6 Å². The van der Waals surface area contributed by atoms with Gasteiger partial charge in [0.2, 0.25) is 0 Å². The van der Waals surface area contributed by atoms with Gasteiger partial charge in [-0.3, -0.25) is 14.6 Å². The third-order valence-electron chi connectivity index (χ3n) is 4.91. The highest BCUT2D eigenvalue weighted by Crippen LogP contribution is 2.29. The molecule has 17 heavy (non-hydrogen) atoms. The number of carbonyl (C=O) groups is 1. The number of fused-ring (bicyclic) bond motifs is 1. The van der Waals surface area contributed by atoms with E-state index in [0.717, 1.165) is 25.3 Å². The normalized spacial score (nSPS) is 40.5. The summed E-state index contributed by atoms with van der Waals surface area (Å²) in [6, 6.07) is 1.97. The molecule has 96 valence electrons. The number of Topliss-reactive ketones (excluding diaryl/α,β-unsaturated/α-hetero) is 1. The highest BCUT2D eigenvalue weighted by molar-refractivity contribution is 5.79. The van der Waals surface area contributed by atoms with Crippen LogP contribution in [0.5, 0.6) is 0 Å². The molecule has 0 aromatic rings. The summed E-state index contributed by atoms with van der Waals surface area (Å²) >= 11 is 0. The molecule has 3 heteroatoms. The molecule has 1 saturated carbocycles. The molecule has 0 spiro atoms. The van der Waals surface area contributed by atoms with Crippen LogP contribution in [0.1, 0.15) is 45.4 Å². The molecule has 3 unspecified atom stereocenters. The van der Waals surface area contributed by atoms with Gasteiger partial charge >= 0.3 is 0 Å². The van der Waals surface area contributed by atoms with Crippen molar-refractivity contribution in [1.29, 1.82) is 0 Å². The first-order chi connectivity index (χ1) is 8.24. The predicted molar refractivity (Wildman–Crippen MR) is 68.0 cm³/mol. The summed E-state index contributed by atoms with van der Waals surface area (Å²) in [6.45, 7) is 6.06. The topological polar surface area (TPSA) is 23.6 Å². The molecule has 0 amide bonds. The standard InChI is InChI=1S/C14H24N2O/c1-11-9-15-7-3-5-13(15)10-16(11)12-4-2-6-14(17)8-12/h11-13H,2-10H2,1H3. The van der Waals surface area contributed by atoms with Crippen LogP contribution in [-0.4, -0.2) is 53.3 Å². The van der Waals surface area contributed by atoms with Gasteiger partial charge in [-0.1, -0.05) is 0 Å². The molecule has 3 nitrogen and oxygen atoms in total. The highest BCUT2D eigenvalue weighted by atomic mass is 16.1. The molecule has 3 aliphatic rings. The lowest BCUT2D eigenvalue weighted by molar-refractivity contribution is -0.123. The summed E-state index contributed by atoms with van der Waals surface area (Å²) in [6.07, 6.45) is 6.73. The summed E-state index contributed by atoms with van der Waals surface area (Å²) in [7, 11) is 0. The van der Waals surface area contributed by atoms with Crippen molar-refractivity contribution in [2.45, 2.75) is 63.6 Å². The fraction of sp³-hybridized carbons (Fsp3) is 0.929. The van der Waals surface area contributed by atoms with Crippen LogP contribution in [0, 0.1) is 0 Å². The van der Waals surface area contributed by atoms with Crippen molar-refractivity contribution in [1.82, 2.24) is 9.80 Å². The molecule has 0 N–H and O–H groups in total. The Balaban J connectivity index is 1.67. The van der Waals surface area contributed by atoms with E-state index in [1.165, 1.54) is 38.9 Å². The van der Waals surface area contributed by atoms with Crippen LogP contribution >= 0.6 is 0 Å². The number of rotatable bonds is 1. The summed E-state index contributed by atoms with van der Waals surface area (Å²) in [5.74, 6) is 0.488. The smallest absolute Gasteiger partial charge is 0.134 e. The van der Waals surface area contributed by atoms with Gasteiger partial charge in [-0.15, -0.1) is 0 Å². The van der Waals surface area contributed by atoms with Crippen molar-refractivity contribution in [3.63, 3.8) is 0 Å². The van der Waals surface area contributed by atoms with Crippen LogP contribution < -0.4 is 0 Å². The van der Waals surface area contributed by atoms with Gasteiger partial charge in [0.05, 0.1) is 0 Å². The molecule has 0 radical (unpaired) electrons. The number of hydrogen-bond acceptors (Lipinski definition) is 3. The maximum atomic E-state index is 11.6. The van der Waals surface area contributed by atoms with Gasteiger partial charge in [-0.05, 0) is 39.2 Å². The average molecular weight is 236 g/mol. The van der Waals surface area contributed by atoms with Crippen molar-refractivity contribution < 1.29 is 4.79 Å². The van der Waals surface area contributed by atoms with Crippen molar-refractivity contribution >= 4 is 5.78 Å². The summed E-state index contributed by atoms with van der Waals surface area (Å²) in [5.41, 5.74) is 0. The van der Waals surface area contributed by atoms with E-state index in [9.17, 15) is 4.79 Å². The number of piperazine rings is 1. The molecule has 3 rings (SSSR count). The molecule has 0 aromatic heterocycles. The maximum absolute atomic E-state index is 11.6. The Labute approximate surface area is 104 Å². The van der Waals surface area contributed by atoms with Crippen LogP contribution in [0.15, 0.2) is 0 Å². The first-order valence-electron chi connectivity index (χ1n) is 7.25. The quantitative estimate of drug-likeness (QED) is 0.692. The van der Waals surface area contributed by atoms with E-state index in [4.69, 9.17) is 0 Å². The maximum Gasteiger partial charge on any atom is 0.134 e. The van der Waals surface area contributed by atoms with Crippen LogP contribution in [0.25, 0.3) is 0 Å². The Morgan fingerprint density at radius 1 is 1.12 bits per heavy atom. The lowest BCUT2D eigenvalue weighted by Crippen LogP contribution is -2.58. The zero-order chi connectivity index (χ0) is 11.8. The van der Waals surface area contributed by atoms with Crippen LogP contribution in [0.2, 0.25) is 0 Å². The molecule has 0 bridgehead atoms. The van der Waals surface area contributed by atoms with Gasteiger partial charge in [0.15, 0.2) is 0 Å². The van der Waals surface area contributed by atoms with E-state index in [2.05, 4.69) is 16.7 Å². The monoisotopic (exact) mass is 236 g/mol. The van der Waals surface area contributed by atoms with E-state index >= 15 is 0 Å². The second-order valence-corrected chi connectivity index (χ2v) is 6.13. The largest absolute Gasteiger partial charge is 0.300 e. The van der Waals surface area contributed by atoms with Gasteiger partial charge in [-0.25, -0.2) is 0 Å². The molecular weight excluding hydrogens is 212 g/mol. The van der Waals surface area contributed by atoms with E-state index in [1.807, 2.05) is 0 Å². The van der Waals surface area contributed by atoms with E-state index in [0.29, 0.717) is 17.9 Å². The predicted octanol–water partition coefficient (Wildman–Crippen LogP) is 1.67. The lowest BCUT2D eigenvalue weighted by atomic mass is 9.91. The molecule has 0 aromatic carbocycles. The number of hydrogen-bond donors (Lipinski definition) is 0. The third kappa shape index (κ3) is 2.27. The first-order valence-corrected chi connectivity index (χ1v) is 7.25. The van der Waals surface area contributed by atoms with Gasteiger partial charge < -0.3 is 0 Å². The number of nitrogens with zero attached hydrogens (tertiary/aromatic N) is 2. The van der Waals surface area contributed by atoms with Gasteiger partial charge in [0.25, 0.3) is 0 Å². The molecular formula is C14H24N2O. The Morgan fingerprint density at radius 3 is 2.76 bits per heavy atom. The lowest BCUT2D eigenvalue weighted by Gasteiger charge is -2.46. The fourth-order valence-corrected chi connectivity index (χ4v) is 4.00. The molecule has 3 fully saturated rings. The zero-order valence-electron chi connectivity index (χ0n) is 10.9. The Kier molecular flexibility index (Phi) is 3.22. The van der Waals surface area contributed by atoms with Crippen molar-refractivity contribution in [3.8, 4) is 0 Å². The zero-order valence-corrected chi connectivity index (χ0v) is 10.9. The second kappa shape index (κ2) is 4.69. The molecule has 2 heterocycles. The number of carbonyl (C=O) groups excluding carboxylic acids is 1. The van der Waals surface area contributed by atoms with Gasteiger partial charge in [0.1, 0.15) is 5.78 Å². The minimum Gasteiger partial charge on any atom is -0.300 e. The van der Waals surface area contributed by atoms with Gasteiger partial charge in [-0.2, -0.15) is 0 Å².